The van der Waals surface area contributed by atoms with Gasteiger partial charge in [-0.2, -0.15) is 0 Å². The van der Waals surface area contributed by atoms with Gasteiger partial charge in [0.1, 0.15) is 0 Å². The van der Waals surface area contributed by atoms with Crippen molar-refractivity contribution >= 4 is 5.91 Å². The summed E-state index contributed by atoms with van der Waals surface area (Å²) in [5.74, 6) is 0.884. The van der Waals surface area contributed by atoms with Crippen LogP contribution in [0.15, 0.2) is 0 Å². The quantitative estimate of drug-likeness (QED) is 0.764. The van der Waals surface area contributed by atoms with Crippen LogP contribution in [-0.2, 0) is 4.79 Å². The molecule has 2 aliphatic rings. The Morgan fingerprint density at radius 2 is 1.89 bits per heavy atom. The zero-order valence-corrected chi connectivity index (χ0v) is 12.6. The molecule has 19 heavy (non-hydrogen) atoms. The first-order valence-corrected chi connectivity index (χ1v) is 7.78. The van der Waals surface area contributed by atoms with E-state index in [4.69, 9.17) is 0 Å². The lowest BCUT2D eigenvalue weighted by Gasteiger charge is -2.36. The molecule has 0 radical (unpaired) electrons. The van der Waals surface area contributed by atoms with Crippen LogP contribution in [0, 0.1) is 5.92 Å². The van der Waals surface area contributed by atoms with Crippen molar-refractivity contribution in [2.24, 2.45) is 5.92 Å². The minimum atomic E-state index is 0.194. The lowest BCUT2D eigenvalue weighted by molar-refractivity contribution is -0.121. The van der Waals surface area contributed by atoms with Gasteiger partial charge >= 0.3 is 0 Å². The van der Waals surface area contributed by atoms with Crippen LogP contribution in [-0.4, -0.2) is 49.1 Å². The van der Waals surface area contributed by atoms with E-state index in [9.17, 15) is 4.79 Å². The van der Waals surface area contributed by atoms with Crippen LogP contribution >= 0.6 is 0 Å². The monoisotopic (exact) mass is 267 g/mol. The Kier molecular flexibility index (Phi) is 5.22. The van der Waals surface area contributed by atoms with Crippen LogP contribution in [0.25, 0.3) is 0 Å². The van der Waals surface area contributed by atoms with Crippen LogP contribution < -0.4 is 10.6 Å². The molecule has 2 rings (SSSR count). The molecule has 1 amide bonds. The van der Waals surface area contributed by atoms with E-state index in [1.807, 2.05) is 0 Å². The zero-order valence-electron chi connectivity index (χ0n) is 12.6. The summed E-state index contributed by atoms with van der Waals surface area (Å²) in [6, 6.07) is 1.99. The maximum absolute atomic E-state index is 11.7. The summed E-state index contributed by atoms with van der Waals surface area (Å²) in [4.78, 5) is 14.3. The van der Waals surface area contributed by atoms with E-state index in [1.165, 1.54) is 25.7 Å². The van der Waals surface area contributed by atoms with Crippen molar-refractivity contribution in [2.75, 3.05) is 20.1 Å². The van der Waals surface area contributed by atoms with Gasteiger partial charge in [0.2, 0.25) is 5.91 Å². The molecule has 2 bridgehead atoms. The van der Waals surface area contributed by atoms with E-state index >= 15 is 0 Å². The molecular weight excluding hydrogens is 238 g/mol. The van der Waals surface area contributed by atoms with Gasteiger partial charge in [0, 0.05) is 37.6 Å². The standard InChI is InChI=1S/C15H29N3O/c1-11(2)16-7-6-15(19)17-10-12-8-13-4-5-14(9-12)18(13)3/h11-14,16H,4-10H2,1-3H3,(H,17,19). The Labute approximate surface area is 117 Å². The topological polar surface area (TPSA) is 44.4 Å². The Bertz CT molecular complexity index is 292. The number of fused-ring (bicyclic) bond motifs is 2. The third-order valence-electron chi connectivity index (χ3n) is 4.69. The summed E-state index contributed by atoms with van der Waals surface area (Å²) in [5.41, 5.74) is 0. The summed E-state index contributed by atoms with van der Waals surface area (Å²) in [6.07, 6.45) is 5.82. The summed E-state index contributed by atoms with van der Waals surface area (Å²) < 4.78 is 0. The number of amides is 1. The molecule has 0 spiro atoms. The first kappa shape index (κ1) is 14.8. The van der Waals surface area contributed by atoms with Crippen LogP contribution in [0.1, 0.15) is 46.0 Å². The molecule has 4 heteroatoms. The third kappa shape index (κ3) is 4.18. The Hall–Kier alpha value is -0.610. The van der Waals surface area contributed by atoms with Crippen molar-refractivity contribution in [2.45, 2.75) is 64.1 Å². The van der Waals surface area contributed by atoms with Gasteiger partial charge in [-0.25, -0.2) is 0 Å². The van der Waals surface area contributed by atoms with Crippen molar-refractivity contribution in [3.63, 3.8) is 0 Å². The first-order chi connectivity index (χ1) is 9.06. The predicted molar refractivity (Wildman–Crippen MR) is 78.1 cm³/mol. The molecule has 2 saturated heterocycles. The van der Waals surface area contributed by atoms with Crippen LogP contribution in [0.2, 0.25) is 0 Å². The first-order valence-electron chi connectivity index (χ1n) is 7.78. The van der Waals surface area contributed by atoms with Crippen molar-refractivity contribution in [1.82, 2.24) is 15.5 Å². The lowest BCUT2D eigenvalue weighted by atomic mass is 9.91. The Morgan fingerprint density at radius 1 is 1.26 bits per heavy atom. The molecule has 0 aliphatic carbocycles. The predicted octanol–water partition coefficient (Wildman–Crippen LogP) is 1.36. The second kappa shape index (κ2) is 6.71. The molecule has 4 nitrogen and oxygen atoms in total. The van der Waals surface area contributed by atoms with Crippen LogP contribution in [0.4, 0.5) is 0 Å². The number of rotatable bonds is 6. The normalized spacial score (nSPS) is 30.8. The average molecular weight is 267 g/mol. The third-order valence-corrected chi connectivity index (χ3v) is 4.69. The van der Waals surface area contributed by atoms with E-state index in [-0.39, 0.29) is 5.91 Å². The number of nitrogens with one attached hydrogen (secondary N) is 2. The molecule has 0 aromatic carbocycles. The fraction of sp³-hybridized carbons (Fsp3) is 0.933. The van der Waals surface area contributed by atoms with Crippen LogP contribution in [0.3, 0.4) is 0 Å². The van der Waals surface area contributed by atoms with Gasteiger partial charge in [-0.1, -0.05) is 13.8 Å². The minimum absolute atomic E-state index is 0.194. The highest BCUT2D eigenvalue weighted by Gasteiger charge is 2.38. The summed E-state index contributed by atoms with van der Waals surface area (Å²) in [6.45, 7) is 5.86. The molecule has 0 saturated carbocycles. The molecule has 0 aromatic rings. The highest BCUT2D eigenvalue weighted by Crippen LogP contribution is 2.36. The van der Waals surface area contributed by atoms with Gasteiger partial charge in [-0.3, -0.25) is 4.79 Å². The van der Waals surface area contributed by atoms with E-state index in [0.717, 1.165) is 25.2 Å². The molecular formula is C15H29N3O. The zero-order chi connectivity index (χ0) is 13.8. The van der Waals surface area contributed by atoms with Crippen molar-refractivity contribution in [3.05, 3.63) is 0 Å². The van der Waals surface area contributed by atoms with Gasteiger partial charge in [-0.05, 0) is 38.6 Å². The van der Waals surface area contributed by atoms with Gasteiger partial charge in [-0.15, -0.1) is 0 Å². The number of hydrogen-bond donors (Lipinski definition) is 2. The molecule has 2 fully saturated rings. The number of carbonyl (C=O) groups is 1. The number of piperidine rings is 1. The second-order valence-corrected chi connectivity index (χ2v) is 6.55. The fourth-order valence-electron chi connectivity index (χ4n) is 3.51. The molecule has 0 aromatic heterocycles. The van der Waals surface area contributed by atoms with Gasteiger partial charge in [0.25, 0.3) is 0 Å². The maximum atomic E-state index is 11.7. The van der Waals surface area contributed by atoms with Crippen LogP contribution in [0.5, 0.6) is 0 Å². The Morgan fingerprint density at radius 3 is 2.47 bits per heavy atom. The van der Waals surface area contributed by atoms with Crippen molar-refractivity contribution < 1.29 is 4.79 Å². The molecule has 2 N–H and O–H groups in total. The van der Waals surface area contributed by atoms with E-state index in [0.29, 0.717) is 18.4 Å². The molecule has 2 aliphatic heterocycles. The fourth-order valence-corrected chi connectivity index (χ4v) is 3.51. The Balaban J connectivity index is 1.62. The van der Waals surface area contributed by atoms with E-state index in [1.54, 1.807) is 0 Å². The minimum Gasteiger partial charge on any atom is -0.356 e. The number of hydrogen-bond acceptors (Lipinski definition) is 3. The SMILES string of the molecule is CC(C)NCCC(=O)NCC1CC2CCC(C1)N2C. The largest absolute Gasteiger partial charge is 0.356 e. The van der Waals surface area contributed by atoms with Crippen molar-refractivity contribution in [1.29, 1.82) is 0 Å². The van der Waals surface area contributed by atoms with Gasteiger partial charge in [0.05, 0.1) is 0 Å². The number of carbonyl (C=O) groups excluding carboxylic acids is 1. The van der Waals surface area contributed by atoms with E-state index in [2.05, 4.69) is 36.4 Å². The maximum Gasteiger partial charge on any atom is 0.221 e. The lowest BCUT2D eigenvalue weighted by Crippen LogP contribution is -2.43. The summed E-state index contributed by atoms with van der Waals surface area (Å²) in [7, 11) is 2.26. The summed E-state index contributed by atoms with van der Waals surface area (Å²) in [5, 5.41) is 6.39. The average Bonchev–Trinajstić information content (AvgIpc) is 2.60. The molecule has 110 valence electrons. The molecule has 2 unspecified atom stereocenters. The van der Waals surface area contributed by atoms with Crippen molar-refractivity contribution in [3.8, 4) is 0 Å². The molecule has 2 atom stereocenters. The van der Waals surface area contributed by atoms with E-state index < -0.39 is 0 Å². The second-order valence-electron chi connectivity index (χ2n) is 6.55. The summed E-state index contributed by atoms with van der Waals surface area (Å²) >= 11 is 0. The number of nitrogens with zero attached hydrogens (tertiary/aromatic N) is 1. The molecule has 2 heterocycles. The highest BCUT2D eigenvalue weighted by molar-refractivity contribution is 5.76. The smallest absolute Gasteiger partial charge is 0.221 e. The van der Waals surface area contributed by atoms with Gasteiger partial charge < -0.3 is 15.5 Å². The van der Waals surface area contributed by atoms with Gasteiger partial charge in [0.15, 0.2) is 0 Å². The highest BCUT2D eigenvalue weighted by atomic mass is 16.1.